The van der Waals surface area contributed by atoms with Crippen molar-refractivity contribution in [3.05, 3.63) is 28.8 Å². The van der Waals surface area contributed by atoms with Crippen LogP contribution in [0.15, 0.2) is 12.1 Å². The number of likely N-dealkylation sites (tertiary alicyclic amines) is 1. The van der Waals surface area contributed by atoms with Gasteiger partial charge in [-0.05, 0) is 49.9 Å². The van der Waals surface area contributed by atoms with E-state index in [1.165, 1.54) is 0 Å². The number of nitrogens with zero attached hydrogens (tertiary/aromatic N) is 1. The molecule has 1 heterocycles. The molecule has 4 nitrogen and oxygen atoms in total. The third kappa shape index (κ3) is 2.89. The van der Waals surface area contributed by atoms with E-state index in [1.807, 2.05) is 26.0 Å². The van der Waals surface area contributed by atoms with Crippen LogP contribution < -0.4 is 4.74 Å². The number of rotatable bonds is 2. The lowest BCUT2D eigenvalue weighted by Crippen LogP contribution is -2.40. The minimum absolute atomic E-state index is 0.00755. The summed E-state index contributed by atoms with van der Waals surface area (Å²) in [6.45, 7) is 5.21. The second-order valence-electron chi connectivity index (χ2n) is 5.16. The maximum atomic E-state index is 12.5. The average Bonchev–Trinajstić information content (AvgIpc) is 2.41. The van der Waals surface area contributed by atoms with Crippen LogP contribution in [0, 0.1) is 13.8 Å². The number of carbonyl (C=O) groups excluding carboxylic acids is 1. The largest absolute Gasteiger partial charge is 0.496 e. The number of hydrogen-bond donors (Lipinski definition) is 1. The Labute approximate surface area is 114 Å². The van der Waals surface area contributed by atoms with Gasteiger partial charge in [0.25, 0.3) is 5.91 Å². The molecule has 1 aromatic carbocycles. The molecule has 2 rings (SSSR count). The van der Waals surface area contributed by atoms with Crippen molar-refractivity contribution in [3.63, 3.8) is 0 Å². The van der Waals surface area contributed by atoms with Gasteiger partial charge in [0.15, 0.2) is 0 Å². The molecule has 0 atom stereocenters. The molecule has 0 spiro atoms. The Balaban J connectivity index is 2.25. The molecule has 0 unspecified atom stereocenters. The number of methoxy groups -OCH3 is 1. The average molecular weight is 263 g/mol. The number of aliphatic hydroxyl groups is 1. The maximum absolute atomic E-state index is 12.5. The van der Waals surface area contributed by atoms with E-state index in [4.69, 9.17) is 4.74 Å². The summed E-state index contributed by atoms with van der Waals surface area (Å²) >= 11 is 0. The SMILES string of the molecule is COc1cc(C)c(C)cc1C(=O)N1CCC(O)CC1. The summed E-state index contributed by atoms with van der Waals surface area (Å²) in [4.78, 5) is 14.3. The zero-order chi connectivity index (χ0) is 14.0. The smallest absolute Gasteiger partial charge is 0.257 e. The van der Waals surface area contributed by atoms with Crippen LogP contribution in [0.2, 0.25) is 0 Å². The zero-order valence-electron chi connectivity index (χ0n) is 11.8. The Morgan fingerprint density at radius 3 is 2.42 bits per heavy atom. The Hall–Kier alpha value is -1.55. The lowest BCUT2D eigenvalue weighted by molar-refractivity contribution is 0.0544. The van der Waals surface area contributed by atoms with Gasteiger partial charge in [-0.25, -0.2) is 0 Å². The molecule has 1 aliphatic heterocycles. The highest BCUT2D eigenvalue weighted by molar-refractivity contribution is 5.97. The number of aryl methyl sites for hydroxylation is 2. The molecular formula is C15H21NO3. The molecular weight excluding hydrogens is 242 g/mol. The van der Waals surface area contributed by atoms with Gasteiger partial charge >= 0.3 is 0 Å². The molecule has 4 heteroatoms. The molecule has 0 saturated carbocycles. The van der Waals surface area contributed by atoms with Crippen LogP contribution in [0.4, 0.5) is 0 Å². The van der Waals surface area contributed by atoms with Gasteiger partial charge in [-0.2, -0.15) is 0 Å². The minimum Gasteiger partial charge on any atom is -0.496 e. The fraction of sp³-hybridized carbons (Fsp3) is 0.533. The standard InChI is InChI=1S/C15H21NO3/c1-10-8-13(14(19-3)9-11(10)2)15(18)16-6-4-12(17)5-7-16/h8-9,12,17H,4-7H2,1-3H3. The second-order valence-corrected chi connectivity index (χ2v) is 5.16. The molecule has 1 N–H and O–H groups in total. The number of benzene rings is 1. The summed E-state index contributed by atoms with van der Waals surface area (Å²) in [5, 5.41) is 9.50. The topological polar surface area (TPSA) is 49.8 Å². The summed E-state index contributed by atoms with van der Waals surface area (Å²) in [5.74, 6) is 0.617. The molecule has 1 aromatic rings. The molecule has 1 saturated heterocycles. The van der Waals surface area contributed by atoms with Crippen LogP contribution in [0.1, 0.15) is 34.3 Å². The minimum atomic E-state index is -0.273. The van der Waals surface area contributed by atoms with Gasteiger partial charge in [0.2, 0.25) is 0 Å². The highest BCUT2D eigenvalue weighted by atomic mass is 16.5. The third-order valence-electron chi connectivity index (χ3n) is 3.80. The molecule has 1 amide bonds. The van der Waals surface area contributed by atoms with Crippen molar-refractivity contribution in [2.24, 2.45) is 0 Å². The number of carbonyl (C=O) groups is 1. The molecule has 0 radical (unpaired) electrons. The van der Waals surface area contributed by atoms with Crippen LogP contribution in [-0.2, 0) is 0 Å². The van der Waals surface area contributed by atoms with E-state index >= 15 is 0 Å². The van der Waals surface area contributed by atoms with Gasteiger partial charge in [0.1, 0.15) is 5.75 Å². The normalized spacial score (nSPS) is 16.5. The van der Waals surface area contributed by atoms with Gasteiger partial charge in [0.05, 0.1) is 18.8 Å². The summed E-state index contributed by atoms with van der Waals surface area (Å²) in [6.07, 6.45) is 1.03. The highest BCUT2D eigenvalue weighted by Gasteiger charge is 2.24. The van der Waals surface area contributed by atoms with Crippen LogP contribution in [0.25, 0.3) is 0 Å². The van der Waals surface area contributed by atoms with Crippen molar-refractivity contribution in [2.45, 2.75) is 32.8 Å². The lowest BCUT2D eigenvalue weighted by Gasteiger charge is -2.30. The molecule has 1 fully saturated rings. The van der Waals surface area contributed by atoms with E-state index in [9.17, 15) is 9.90 Å². The van der Waals surface area contributed by atoms with E-state index in [2.05, 4.69) is 0 Å². The second kappa shape index (κ2) is 5.61. The third-order valence-corrected chi connectivity index (χ3v) is 3.80. The van der Waals surface area contributed by atoms with Gasteiger partial charge in [0, 0.05) is 13.1 Å². The summed E-state index contributed by atoms with van der Waals surface area (Å²) in [7, 11) is 1.58. The Bertz CT molecular complexity index is 477. The molecule has 1 aliphatic rings. The van der Waals surface area contributed by atoms with Gasteiger partial charge in [-0.15, -0.1) is 0 Å². The zero-order valence-corrected chi connectivity index (χ0v) is 11.8. The van der Waals surface area contributed by atoms with E-state index in [-0.39, 0.29) is 12.0 Å². The van der Waals surface area contributed by atoms with E-state index in [0.717, 1.165) is 11.1 Å². The van der Waals surface area contributed by atoms with E-state index in [1.54, 1.807) is 12.0 Å². The van der Waals surface area contributed by atoms with Crippen LogP contribution >= 0.6 is 0 Å². The quantitative estimate of drug-likeness (QED) is 0.886. The van der Waals surface area contributed by atoms with Gasteiger partial charge in [-0.3, -0.25) is 4.79 Å². The summed E-state index contributed by atoms with van der Waals surface area (Å²) < 4.78 is 5.32. The number of hydrogen-bond acceptors (Lipinski definition) is 3. The number of amides is 1. The first-order valence-corrected chi connectivity index (χ1v) is 6.65. The number of aliphatic hydroxyl groups excluding tert-OH is 1. The summed E-state index contributed by atoms with van der Waals surface area (Å²) in [5.41, 5.74) is 2.81. The Kier molecular flexibility index (Phi) is 4.10. The van der Waals surface area contributed by atoms with Crippen molar-refractivity contribution in [3.8, 4) is 5.75 Å². The van der Waals surface area contributed by atoms with Crippen molar-refractivity contribution in [2.75, 3.05) is 20.2 Å². The van der Waals surface area contributed by atoms with Crippen LogP contribution in [-0.4, -0.2) is 42.2 Å². The molecule has 0 aliphatic carbocycles. The van der Waals surface area contributed by atoms with Gasteiger partial charge in [-0.1, -0.05) is 0 Å². The van der Waals surface area contributed by atoms with Crippen molar-refractivity contribution >= 4 is 5.91 Å². The van der Waals surface area contributed by atoms with E-state index < -0.39 is 0 Å². The first-order chi connectivity index (χ1) is 9.02. The predicted octanol–water partition coefficient (Wildman–Crippen LogP) is 1.91. The number of ether oxygens (including phenoxy) is 1. The van der Waals surface area contributed by atoms with Crippen molar-refractivity contribution in [1.29, 1.82) is 0 Å². The first-order valence-electron chi connectivity index (χ1n) is 6.65. The predicted molar refractivity (Wildman–Crippen MR) is 73.6 cm³/mol. The monoisotopic (exact) mass is 263 g/mol. The first kappa shape index (κ1) is 13.9. The van der Waals surface area contributed by atoms with E-state index in [0.29, 0.717) is 37.2 Å². The van der Waals surface area contributed by atoms with Crippen LogP contribution in [0.5, 0.6) is 5.75 Å². The lowest BCUT2D eigenvalue weighted by atomic mass is 10.0. The highest BCUT2D eigenvalue weighted by Crippen LogP contribution is 2.25. The van der Waals surface area contributed by atoms with Crippen molar-refractivity contribution < 1.29 is 14.6 Å². The Morgan fingerprint density at radius 2 is 1.84 bits per heavy atom. The Morgan fingerprint density at radius 1 is 1.26 bits per heavy atom. The van der Waals surface area contributed by atoms with Gasteiger partial charge < -0.3 is 14.7 Å². The molecule has 0 aromatic heterocycles. The molecule has 19 heavy (non-hydrogen) atoms. The number of piperidine rings is 1. The van der Waals surface area contributed by atoms with Crippen molar-refractivity contribution in [1.82, 2.24) is 4.90 Å². The molecule has 0 bridgehead atoms. The maximum Gasteiger partial charge on any atom is 0.257 e. The summed E-state index contributed by atoms with van der Waals surface area (Å²) in [6, 6.07) is 3.79. The molecule has 104 valence electrons. The fourth-order valence-corrected chi connectivity index (χ4v) is 2.37. The van der Waals surface area contributed by atoms with Crippen LogP contribution in [0.3, 0.4) is 0 Å². The fourth-order valence-electron chi connectivity index (χ4n) is 2.37.